The van der Waals surface area contributed by atoms with Crippen LogP contribution in [0.5, 0.6) is 0 Å². The zero-order valence-electron chi connectivity index (χ0n) is 24.2. The summed E-state index contributed by atoms with van der Waals surface area (Å²) >= 11 is 0. The maximum atomic E-state index is 11.7. The summed E-state index contributed by atoms with van der Waals surface area (Å²) in [4.78, 5) is 11.7. The van der Waals surface area contributed by atoms with Gasteiger partial charge in [-0.2, -0.15) is 0 Å². The summed E-state index contributed by atoms with van der Waals surface area (Å²) in [5.74, 6) is 1.23. The van der Waals surface area contributed by atoms with Gasteiger partial charge in [-0.15, -0.1) is 0 Å². The van der Waals surface area contributed by atoms with Crippen molar-refractivity contribution in [1.29, 1.82) is 0 Å². The van der Waals surface area contributed by atoms with Crippen LogP contribution in [0.3, 0.4) is 0 Å². The quantitative estimate of drug-likeness (QED) is 0.126. The first-order valence-corrected chi connectivity index (χ1v) is 15.3. The molecule has 0 aromatic heterocycles. The molecule has 212 valence electrons. The molecule has 3 heteroatoms. The topological polar surface area (TPSA) is 46.5 Å². The van der Waals surface area contributed by atoms with Crippen molar-refractivity contribution in [3.63, 3.8) is 0 Å². The summed E-state index contributed by atoms with van der Waals surface area (Å²) in [6, 6.07) is 24.4. The average molecular weight is 539 g/mol. The highest BCUT2D eigenvalue weighted by Gasteiger charge is 2.22. The van der Waals surface area contributed by atoms with Crippen molar-refractivity contribution in [2.24, 2.45) is 5.92 Å². The molecule has 0 aliphatic heterocycles. The molecule has 40 heavy (non-hydrogen) atoms. The molecule has 3 aromatic carbocycles. The summed E-state index contributed by atoms with van der Waals surface area (Å²) in [5.41, 5.74) is 8.55. The molecule has 0 atom stereocenters. The third kappa shape index (κ3) is 8.41. The molecular weight excluding hydrogens is 492 g/mol. The lowest BCUT2D eigenvalue weighted by Crippen LogP contribution is -2.13. The normalized spacial score (nSPS) is 16.9. The van der Waals surface area contributed by atoms with Crippen molar-refractivity contribution in [3.8, 4) is 22.3 Å². The van der Waals surface area contributed by atoms with Crippen LogP contribution in [0.25, 0.3) is 22.3 Å². The van der Waals surface area contributed by atoms with Crippen molar-refractivity contribution in [1.82, 2.24) is 0 Å². The van der Waals surface area contributed by atoms with Crippen molar-refractivity contribution in [3.05, 3.63) is 96.1 Å². The molecule has 1 fully saturated rings. The van der Waals surface area contributed by atoms with E-state index in [4.69, 9.17) is 9.84 Å². The van der Waals surface area contributed by atoms with Gasteiger partial charge in [-0.25, -0.2) is 4.79 Å². The van der Waals surface area contributed by atoms with Gasteiger partial charge in [0.15, 0.2) is 0 Å². The number of carbonyl (C=O) groups excluding carboxylic acids is 1. The number of unbranched alkanes of at least 4 members (excludes halogenated alkanes) is 2. The summed E-state index contributed by atoms with van der Waals surface area (Å²) in [6.45, 7) is 6.31. The molecule has 0 amide bonds. The maximum absolute atomic E-state index is 11.7. The number of benzene rings is 3. The van der Waals surface area contributed by atoms with Gasteiger partial charge in [-0.05, 0) is 89.3 Å². The van der Waals surface area contributed by atoms with E-state index in [2.05, 4.69) is 80.2 Å². The predicted octanol–water partition coefficient (Wildman–Crippen LogP) is 9.07. The van der Waals surface area contributed by atoms with Crippen LogP contribution in [-0.4, -0.2) is 24.3 Å². The summed E-state index contributed by atoms with van der Waals surface area (Å²) in [7, 11) is 0. The maximum Gasteiger partial charge on any atom is 0.330 e. The fraction of sp³-hybridized carbons (Fsp3) is 0.432. The van der Waals surface area contributed by atoms with Gasteiger partial charge >= 0.3 is 5.97 Å². The molecule has 4 rings (SSSR count). The zero-order valence-corrected chi connectivity index (χ0v) is 24.2. The first kappa shape index (κ1) is 29.8. The smallest absolute Gasteiger partial charge is 0.330 e. The lowest BCUT2D eigenvalue weighted by Gasteiger charge is -2.29. The lowest BCUT2D eigenvalue weighted by molar-refractivity contribution is -0.137. The summed E-state index contributed by atoms with van der Waals surface area (Å²) in [5, 5.41) is 9.14. The fourth-order valence-electron chi connectivity index (χ4n) is 6.13. The van der Waals surface area contributed by atoms with Gasteiger partial charge in [0, 0.05) is 19.1 Å². The number of hydrogen-bond acceptors (Lipinski definition) is 3. The van der Waals surface area contributed by atoms with E-state index in [9.17, 15) is 4.79 Å². The van der Waals surface area contributed by atoms with Gasteiger partial charge in [-0.3, -0.25) is 0 Å². The van der Waals surface area contributed by atoms with Crippen molar-refractivity contribution < 1.29 is 14.6 Å². The van der Waals surface area contributed by atoms with Crippen LogP contribution in [0.15, 0.2) is 79.4 Å². The van der Waals surface area contributed by atoms with E-state index in [0.29, 0.717) is 18.9 Å². The molecule has 3 nitrogen and oxygen atoms in total. The molecule has 3 aromatic rings. The van der Waals surface area contributed by atoms with Crippen LogP contribution in [0.4, 0.5) is 0 Å². The molecule has 0 saturated heterocycles. The number of aliphatic hydroxyl groups is 1. The van der Waals surface area contributed by atoms with E-state index >= 15 is 0 Å². The van der Waals surface area contributed by atoms with E-state index in [0.717, 1.165) is 35.4 Å². The van der Waals surface area contributed by atoms with Gasteiger partial charge < -0.3 is 9.84 Å². The highest BCUT2D eigenvalue weighted by atomic mass is 16.5. The Kier molecular flexibility index (Phi) is 11.6. The third-order valence-corrected chi connectivity index (χ3v) is 8.55. The minimum Gasteiger partial charge on any atom is -0.462 e. The highest BCUT2D eigenvalue weighted by Crippen LogP contribution is 2.38. The van der Waals surface area contributed by atoms with Crippen LogP contribution in [0.2, 0.25) is 0 Å². The molecule has 0 bridgehead atoms. The van der Waals surface area contributed by atoms with E-state index in [-0.39, 0.29) is 6.61 Å². The van der Waals surface area contributed by atoms with Crippen molar-refractivity contribution >= 4 is 5.97 Å². The van der Waals surface area contributed by atoms with Gasteiger partial charge in [-0.1, -0.05) is 106 Å². The molecule has 0 radical (unpaired) electrons. The molecular formula is C37H46O3. The number of rotatable bonds is 14. The second-order valence-corrected chi connectivity index (χ2v) is 11.4. The van der Waals surface area contributed by atoms with E-state index in [1.165, 1.54) is 79.7 Å². The number of hydrogen-bond donors (Lipinski definition) is 1. The lowest BCUT2D eigenvalue weighted by atomic mass is 9.77. The number of aliphatic hydroxyl groups excluding tert-OH is 1. The minimum absolute atomic E-state index is 0.206. The monoisotopic (exact) mass is 538 g/mol. The second kappa shape index (κ2) is 15.6. The Morgan fingerprint density at radius 2 is 1.57 bits per heavy atom. The molecule has 1 N–H and O–H groups in total. The molecule has 1 aliphatic rings. The zero-order chi connectivity index (χ0) is 28.2. The number of esters is 1. The van der Waals surface area contributed by atoms with Crippen LogP contribution in [0.1, 0.15) is 87.3 Å². The van der Waals surface area contributed by atoms with Crippen molar-refractivity contribution in [2.45, 2.75) is 83.5 Å². The van der Waals surface area contributed by atoms with Gasteiger partial charge in [0.2, 0.25) is 0 Å². The number of carbonyl (C=O) groups is 1. The minimum atomic E-state index is -0.392. The number of aryl methyl sites for hydroxylation is 1. The van der Waals surface area contributed by atoms with E-state index in [1.54, 1.807) is 0 Å². The molecule has 1 saturated carbocycles. The predicted molar refractivity (Wildman–Crippen MR) is 166 cm³/mol. The van der Waals surface area contributed by atoms with Crippen LogP contribution in [-0.2, 0) is 22.4 Å². The average Bonchev–Trinajstić information content (AvgIpc) is 3.01. The van der Waals surface area contributed by atoms with Crippen molar-refractivity contribution in [2.75, 3.05) is 13.2 Å². The molecule has 0 spiro atoms. The second-order valence-electron chi connectivity index (χ2n) is 11.4. The van der Waals surface area contributed by atoms with Gasteiger partial charge in [0.05, 0.1) is 6.61 Å². The molecule has 0 unspecified atom stereocenters. The Hall–Kier alpha value is -3.17. The summed E-state index contributed by atoms with van der Waals surface area (Å²) in [6.07, 6.45) is 14.4. The first-order valence-electron chi connectivity index (χ1n) is 15.3. The largest absolute Gasteiger partial charge is 0.462 e. The Labute approximate surface area is 241 Å². The Balaban J connectivity index is 1.48. The SMILES string of the molecule is C=CC(=O)OCCc1cc(-c2ccc(C3CCC(CCCCC)CC3)cc2)ccc1-c1ccc(CCCO)cc1. The third-order valence-electron chi connectivity index (χ3n) is 8.55. The Morgan fingerprint density at radius 3 is 2.25 bits per heavy atom. The van der Waals surface area contributed by atoms with E-state index < -0.39 is 5.97 Å². The first-order chi connectivity index (χ1) is 19.6. The Bertz CT molecular complexity index is 1200. The van der Waals surface area contributed by atoms with Crippen LogP contribution < -0.4 is 0 Å². The molecule has 0 heterocycles. The van der Waals surface area contributed by atoms with Crippen LogP contribution in [0, 0.1) is 5.92 Å². The standard InChI is InChI=1S/C37H46O3/c1-3-5-6-8-28-10-14-30(15-11-28)31-18-20-32(21-19-31)34-22-23-36(35(27-34)24-26-40-37(39)4-2)33-16-12-29(13-17-33)9-7-25-38/h4,12-13,16-23,27-28,30,38H,2-3,5-11,14-15,24-26H2,1H3. The fourth-order valence-corrected chi connectivity index (χ4v) is 6.13. The number of ether oxygens (including phenoxy) is 1. The van der Waals surface area contributed by atoms with Gasteiger partial charge in [0.25, 0.3) is 0 Å². The highest BCUT2D eigenvalue weighted by molar-refractivity contribution is 5.81. The van der Waals surface area contributed by atoms with E-state index in [1.807, 2.05) is 0 Å². The molecule has 1 aliphatic carbocycles. The van der Waals surface area contributed by atoms with Crippen LogP contribution >= 0.6 is 0 Å². The summed E-state index contributed by atoms with van der Waals surface area (Å²) < 4.78 is 5.33. The van der Waals surface area contributed by atoms with Gasteiger partial charge in [0.1, 0.15) is 0 Å². The Morgan fingerprint density at radius 1 is 0.875 bits per heavy atom.